The average molecular weight is 392 g/mol. The molecule has 0 bridgehead atoms. The lowest BCUT2D eigenvalue weighted by Crippen LogP contribution is -2.50. The second kappa shape index (κ2) is 8.67. The van der Waals surface area contributed by atoms with E-state index >= 15 is 0 Å². The zero-order chi connectivity index (χ0) is 16.8. The first-order chi connectivity index (χ1) is 11.7. The molecule has 1 fully saturated rings. The molecule has 0 atom stereocenters. The Morgan fingerprint density at radius 1 is 1.08 bits per heavy atom. The maximum Gasteiger partial charge on any atom is 0.321 e. The molecule has 0 aromatic heterocycles. The van der Waals surface area contributed by atoms with E-state index < -0.39 is 0 Å². The molecule has 24 heavy (non-hydrogen) atoms. The smallest absolute Gasteiger partial charge is 0.321 e. The van der Waals surface area contributed by atoms with Crippen LogP contribution < -0.4 is 5.32 Å². The van der Waals surface area contributed by atoms with Crippen LogP contribution in [-0.4, -0.2) is 48.6 Å². The number of piperazine rings is 1. The summed E-state index contributed by atoms with van der Waals surface area (Å²) in [5.74, 6) is 0. The van der Waals surface area contributed by atoms with Gasteiger partial charge in [-0.05, 0) is 56.4 Å². The van der Waals surface area contributed by atoms with Gasteiger partial charge in [0.05, 0.1) is 0 Å². The number of halogens is 1. The predicted octanol–water partition coefficient (Wildman–Crippen LogP) is 4.49. The van der Waals surface area contributed by atoms with Crippen LogP contribution >= 0.6 is 15.9 Å². The molecule has 2 amide bonds. The Morgan fingerprint density at radius 2 is 1.83 bits per heavy atom. The Morgan fingerprint density at radius 3 is 2.50 bits per heavy atom. The normalized spacial score (nSPS) is 19.0. The van der Waals surface area contributed by atoms with Gasteiger partial charge in [-0.3, -0.25) is 4.90 Å². The summed E-state index contributed by atoms with van der Waals surface area (Å²) in [5.41, 5.74) is 2.48. The molecule has 130 valence electrons. The van der Waals surface area contributed by atoms with Crippen molar-refractivity contribution in [1.29, 1.82) is 0 Å². The van der Waals surface area contributed by atoms with Crippen LogP contribution in [0.3, 0.4) is 0 Å². The minimum atomic E-state index is 0.00645. The van der Waals surface area contributed by atoms with E-state index in [2.05, 4.69) is 32.2 Å². The van der Waals surface area contributed by atoms with E-state index in [1.165, 1.54) is 32.1 Å². The largest absolute Gasteiger partial charge is 0.322 e. The number of urea groups is 1. The minimum Gasteiger partial charge on any atom is -0.322 e. The van der Waals surface area contributed by atoms with Gasteiger partial charge in [-0.15, -0.1) is 0 Å². The Kier molecular flexibility index (Phi) is 6.32. The van der Waals surface area contributed by atoms with Crippen molar-refractivity contribution in [2.75, 3.05) is 38.0 Å². The lowest BCUT2D eigenvalue weighted by molar-refractivity contribution is 0.148. The van der Waals surface area contributed by atoms with Crippen LogP contribution in [0.1, 0.15) is 32.1 Å². The summed E-state index contributed by atoms with van der Waals surface area (Å²) in [6.07, 6.45) is 8.90. The minimum absolute atomic E-state index is 0.00645. The maximum absolute atomic E-state index is 12.3. The van der Waals surface area contributed by atoms with Crippen molar-refractivity contribution in [1.82, 2.24) is 9.80 Å². The standard InChI is InChI=1S/C19H26BrN3O/c20-17-6-8-18(9-7-17)21-19(24)23-14-12-22(13-15-23)11-10-16-4-2-1-3-5-16/h4,6-9H,1-3,5,10-15H2,(H,21,24). The number of hydrogen-bond donors (Lipinski definition) is 1. The molecule has 3 rings (SSSR count). The van der Waals surface area contributed by atoms with Gasteiger partial charge in [-0.25, -0.2) is 4.79 Å². The number of carbonyl (C=O) groups excluding carboxylic acids is 1. The Labute approximate surface area is 153 Å². The van der Waals surface area contributed by atoms with Gasteiger partial charge < -0.3 is 10.2 Å². The molecule has 0 saturated carbocycles. The van der Waals surface area contributed by atoms with Crippen molar-refractivity contribution >= 4 is 27.6 Å². The first kappa shape index (κ1) is 17.5. The highest BCUT2D eigenvalue weighted by Crippen LogP contribution is 2.20. The van der Waals surface area contributed by atoms with Crippen LogP contribution in [0.25, 0.3) is 0 Å². The van der Waals surface area contributed by atoms with Gasteiger partial charge in [-0.2, -0.15) is 0 Å². The Bertz CT molecular complexity index is 577. The van der Waals surface area contributed by atoms with Crippen molar-refractivity contribution in [3.05, 3.63) is 40.4 Å². The van der Waals surface area contributed by atoms with Crippen LogP contribution in [0.5, 0.6) is 0 Å². The molecule has 4 nitrogen and oxygen atoms in total. The predicted molar refractivity (Wildman–Crippen MR) is 102 cm³/mol. The molecule has 0 spiro atoms. The van der Waals surface area contributed by atoms with Crippen molar-refractivity contribution in [2.45, 2.75) is 32.1 Å². The summed E-state index contributed by atoms with van der Waals surface area (Å²) in [5, 5.41) is 2.98. The third-order valence-electron chi connectivity index (χ3n) is 4.89. The molecule has 0 radical (unpaired) electrons. The van der Waals surface area contributed by atoms with Crippen LogP contribution in [0.4, 0.5) is 10.5 Å². The number of allylic oxidation sites excluding steroid dienone is 1. The third-order valence-corrected chi connectivity index (χ3v) is 5.42. The van der Waals surface area contributed by atoms with E-state index in [1.54, 1.807) is 5.57 Å². The van der Waals surface area contributed by atoms with Crippen molar-refractivity contribution in [3.8, 4) is 0 Å². The molecule has 1 aromatic rings. The summed E-state index contributed by atoms with van der Waals surface area (Å²) >= 11 is 3.41. The van der Waals surface area contributed by atoms with E-state index in [-0.39, 0.29) is 6.03 Å². The monoisotopic (exact) mass is 391 g/mol. The summed E-state index contributed by atoms with van der Waals surface area (Å²) in [6.45, 7) is 4.69. The number of anilines is 1. The molecular formula is C19H26BrN3O. The van der Waals surface area contributed by atoms with E-state index in [1.807, 2.05) is 29.2 Å². The van der Waals surface area contributed by atoms with Gasteiger partial charge in [-0.1, -0.05) is 27.6 Å². The lowest BCUT2D eigenvalue weighted by Gasteiger charge is -2.35. The van der Waals surface area contributed by atoms with Gasteiger partial charge in [0.15, 0.2) is 0 Å². The van der Waals surface area contributed by atoms with Crippen molar-refractivity contribution < 1.29 is 4.79 Å². The Balaban J connectivity index is 1.40. The highest BCUT2D eigenvalue weighted by molar-refractivity contribution is 9.10. The SMILES string of the molecule is O=C(Nc1ccc(Br)cc1)N1CCN(CCC2=CCCCC2)CC1. The summed E-state index contributed by atoms with van der Waals surface area (Å²) in [7, 11) is 0. The van der Waals surface area contributed by atoms with E-state index in [0.717, 1.165) is 42.9 Å². The van der Waals surface area contributed by atoms with E-state index in [9.17, 15) is 4.79 Å². The molecule has 5 heteroatoms. The van der Waals surface area contributed by atoms with Crippen LogP contribution in [0.2, 0.25) is 0 Å². The highest BCUT2D eigenvalue weighted by atomic mass is 79.9. The fraction of sp³-hybridized carbons (Fsp3) is 0.526. The second-order valence-electron chi connectivity index (χ2n) is 6.62. The number of nitrogens with one attached hydrogen (secondary N) is 1. The first-order valence-electron chi connectivity index (χ1n) is 8.92. The van der Waals surface area contributed by atoms with Gasteiger partial charge in [0.2, 0.25) is 0 Å². The number of amides is 2. The molecule has 0 unspecified atom stereocenters. The highest BCUT2D eigenvalue weighted by Gasteiger charge is 2.21. The molecule has 1 N–H and O–H groups in total. The molecular weight excluding hydrogens is 366 g/mol. The van der Waals surface area contributed by atoms with Gasteiger partial charge >= 0.3 is 6.03 Å². The van der Waals surface area contributed by atoms with Gasteiger partial charge in [0.1, 0.15) is 0 Å². The Hall–Kier alpha value is -1.33. The van der Waals surface area contributed by atoms with E-state index in [4.69, 9.17) is 0 Å². The average Bonchev–Trinajstić information content (AvgIpc) is 2.63. The zero-order valence-electron chi connectivity index (χ0n) is 14.1. The number of rotatable bonds is 4. The van der Waals surface area contributed by atoms with Crippen LogP contribution in [0, 0.1) is 0 Å². The quantitative estimate of drug-likeness (QED) is 0.767. The van der Waals surface area contributed by atoms with E-state index in [0.29, 0.717) is 0 Å². The molecule has 1 aliphatic heterocycles. The first-order valence-corrected chi connectivity index (χ1v) is 9.72. The second-order valence-corrected chi connectivity index (χ2v) is 7.54. The zero-order valence-corrected chi connectivity index (χ0v) is 15.7. The van der Waals surface area contributed by atoms with Gasteiger partial charge in [0, 0.05) is 42.9 Å². The fourth-order valence-corrected chi connectivity index (χ4v) is 3.61. The molecule has 1 saturated heterocycles. The molecule has 1 aromatic carbocycles. The van der Waals surface area contributed by atoms with Crippen molar-refractivity contribution in [2.24, 2.45) is 0 Å². The fourth-order valence-electron chi connectivity index (χ4n) is 3.34. The topological polar surface area (TPSA) is 35.6 Å². The number of carbonyl (C=O) groups is 1. The van der Waals surface area contributed by atoms with Crippen molar-refractivity contribution in [3.63, 3.8) is 0 Å². The number of hydrogen-bond acceptors (Lipinski definition) is 2. The van der Waals surface area contributed by atoms with Crippen LogP contribution in [0.15, 0.2) is 40.4 Å². The molecule has 2 aliphatic rings. The van der Waals surface area contributed by atoms with Gasteiger partial charge in [0.25, 0.3) is 0 Å². The number of nitrogens with zero attached hydrogens (tertiary/aromatic N) is 2. The number of benzene rings is 1. The molecule has 1 aliphatic carbocycles. The summed E-state index contributed by atoms with van der Waals surface area (Å²) < 4.78 is 1.02. The molecule has 1 heterocycles. The van der Waals surface area contributed by atoms with Crippen LogP contribution in [-0.2, 0) is 0 Å². The summed E-state index contributed by atoms with van der Waals surface area (Å²) in [6, 6.07) is 7.71. The lowest BCUT2D eigenvalue weighted by atomic mass is 9.97. The maximum atomic E-state index is 12.3. The summed E-state index contributed by atoms with van der Waals surface area (Å²) in [4.78, 5) is 16.7. The third kappa shape index (κ3) is 5.08.